The Balaban J connectivity index is 1.41. The smallest absolute Gasteiger partial charge is 0.105 e. The molecule has 0 bridgehead atoms. The highest BCUT2D eigenvalue weighted by molar-refractivity contribution is 5.59. The molecule has 4 rings (SSSR count). The van der Waals surface area contributed by atoms with E-state index in [1.807, 2.05) is 24.5 Å². The van der Waals surface area contributed by atoms with Crippen LogP contribution in [0.4, 0.5) is 0 Å². The summed E-state index contributed by atoms with van der Waals surface area (Å²) in [7, 11) is 0. The molecule has 2 aromatic heterocycles. The monoisotopic (exact) mass is 346 g/mol. The first kappa shape index (κ1) is 17.0. The molecular weight excluding hydrogens is 320 g/mol. The number of imidazole rings is 1. The maximum absolute atomic E-state index is 4.48. The number of rotatable bonds is 5. The topological polar surface area (TPSA) is 34.0 Å². The Morgan fingerprint density at radius 3 is 2.85 bits per heavy atom. The van der Waals surface area contributed by atoms with E-state index in [-0.39, 0.29) is 0 Å². The van der Waals surface area contributed by atoms with E-state index in [0.29, 0.717) is 5.92 Å². The van der Waals surface area contributed by atoms with E-state index in [4.69, 9.17) is 0 Å². The van der Waals surface area contributed by atoms with Gasteiger partial charge in [-0.25, -0.2) is 4.98 Å². The summed E-state index contributed by atoms with van der Waals surface area (Å²) >= 11 is 0. The molecule has 1 atom stereocenters. The van der Waals surface area contributed by atoms with Gasteiger partial charge < -0.3 is 4.57 Å². The lowest BCUT2D eigenvalue weighted by Gasteiger charge is -2.33. The van der Waals surface area contributed by atoms with Crippen molar-refractivity contribution in [2.24, 2.45) is 5.92 Å². The van der Waals surface area contributed by atoms with Gasteiger partial charge in [-0.2, -0.15) is 0 Å². The van der Waals surface area contributed by atoms with Crippen molar-refractivity contribution in [3.8, 4) is 11.3 Å². The number of aryl methyl sites for hydroxylation is 1. The fourth-order valence-corrected chi connectivity index (χ4v) is 3.94. The Kier molecular flexibility index (Phi) is 5.12. The van der Waals surface area contributed by atoms with Crippen molar-refractivity contribution in [1.29, 1.82) is 0 Å². The number of benzene rings is 1. The van der Waals surface area contributed by atoms with E-state index < -0.39 is 0 Å². The fourth-order valence-electron chi connectivity index (χ4n) is 3.94. The first-order valence-corrected chi connectivity index (χ1v) is 9.48. The average Bonchev–Trinajstić information content (AvgIpc) is 3.08. The zero-order valence-electron chi connectivity index (χ0n) is 15.4. The molecule has 0 spiro atoms. The molecule has 1 saturated heterocycles. The van der Waals surface area contributed by atoms with E-state index in [0.717, 1.165) is 31.2 Å². The molecule has 1 aromatic carbocycles. The van der Waals surface area contributed by atoms with Crippen molar-refractivity contribution in [2.75, 3.05) is 13.1 Å². The highest BCUT2D eigenvalue weighted by atomic mass is 15.1. The second-order valence-electron chi connectivity index (χ2n) is 7.29. The minimum absolute atomic E-state index is 0.704. The van der Waals surface area contributed by atoms with Crippen LogP contribution in [-0.2, 0) is 13.1 Å². The van der Waals surface area contributed by atoms with Gasteiger partial charge in [0.25, 0.3) is 0 Å². The maximum Gasteiger partial charge on any atom is 0.105 e. The quantitative estimate of drug-likeness (QED) is 0.695. The van der Waals surface area contributed by atoms with Crippen LogP contribution in [0.3, 0.4) is 0 Å². The lowest BCUT2D eigenvalue weighted by molar-refractivity contribution is 0.155. The molecule has 1 aliphatic heterocycles. The largest absolute Gasteiger partial charge is 0.335 e. The summed E-state index contributed by atoms with van der Waals surface area (Å²) in [6.07, 6.45) is 8.44. The molecule has 134 valence electrons. The summed E-state index contributed by atoms with van der Waals surface area (Å²) in [6, 6.07) is 14.9. The second-order valence-corrected chi connectivity index (χ2v) is 7.29. The predicted molar refractivity (Wildman–Crippen MR) is 105 cm³/mol. The van der Waals surface area contributed by atoms with Crippen molar-refractivity contribution < 1.29 is 0 Å². The zero-order chi connectivity index (χ0) is 17.8. The Morgan fingerprint density at radius 1 is 1.08 bits per heavy atom. The van der Waals surface area contributed by atoms with Crippen LogP contribution in [-0.4, -0.2) is 32.5 Å². The van der Waals surface area contributed by atoms with E-state index in [9.17, 15) is 0 Å². The summed E-state index contributed by atoms with van der Waals surface area (Å²) in [5.41, 5.74) is 3.61. The molecule has 1 unspecified atom stereocenters. The number of likely N-dealkylation sites (tertiary alicyclic amines) is 1. The third-order valence-electron chi connectivity index (χ3n) is 5.28. The van der Waals surface area contributed by atoms with Crippen molar-refractivity contribution in [3.63, 3.8) is 0 Å². The summed E-state index contributed by atoms with van der Waals surface area (Å²) in [5, 5.41) is 0. The van der Waals surface area contributed by atoms with Crippen molar-refractivity contribution in [1.82, 2.24) is 19.4 Å². The van der Waals surface area contributed by atoms with Gasteiger partial charge in [0.1, 0.15) is 5.82 Å². The Hall–Kier alpha value is -2.46. The molecular formula is C22H26N4. The number of hydrogen-bond donors (Lipinski definition) is 0. The van der Waals surface area contributed by atoms with Gasteiger partial charge >= 0.3 is 0 Å². The van der Waals surface area contributed by atoms with E-state index >= 15 is 0 Å². The van der Waals surface area contributed by atoms with Crippen LogP contribution in [0.1, 0.15) is 24.2 Å². The number of pyridine rings is 1. The van der Waals surface area contributed by atoms with Crippen molar-refractivity contribution >= 4 is 0 Å². The molecule has 4 heteroatoms. The van der Waals surface area contributed by atoms with Gasteiger partial charge in [0.2, 0.25) is 0 Å². The Labute approximate surface area is 155 Å². The van der Waals surface area contributed by atoms with Crippen LogP contribution < -0.4 is 0 Å². The number of piperidine rings is 1. The van der Waals surface area contributed by atoms with Crippen LogP contribution in [0, 0.1) is 12.8 Å². The van der Waals surface area contributed by atoms with Crippen molar-refractivity contribution in [3.05, 3.63) is 72.4 Å². The lowest BCUT2D eigenvalue weighted by Crippen LogP contribution is -2.36. The fraction of sp³-hybridized carbons (Fsp3) is 0.364. The van der Waals surface area contributed by atoms with Gasteiger partial charge in [-0.15, -0.1) is 0 Å². The van der Waals surface area contributed by atoms with E-state index in [2.05, 4.69) is 62.9 Å². The van der Waals surface area contributed by atoms with Gasteiger partial charge in [0, 0.05) is 43.8 Å². The van der Waals surface area contributed by atoms with Crippen LogP contribution in [0.5, 0.6) is 0 Å². The van der Waals surface area contributed by atoms with E-state index in [1.54, 1.807) is 0 Å². The summed E-state index contributed by atoms with van der Waals surface area (Å²) in [6.45, 7) is 6.53. The molecule has 0 N–H and O–H groups in total. The van der Waals surface area contributed by atoms with Gasteiger partial charge in [-0.05, 0) is 56.0 Å². The molecule has 3 aromatic rings. The minimum atomic E-state index is 0.704. The molecule has 4 nitrogen and oxygen atoms in total. The summed E-state index contributed by atoms with van der Waals surface area (Å²) in [4.78, 5) is 11.4. The normalized spacial score (nSPS) is 18.1. The van der Waals surface area contributed by atoms with Crippen LogP contribution >= 0.6 is 0 Å². The van der Waals surface area contributed by atoms with Gasteiger partial charge in [0.15, 0.2) is 0 Å². The second kappa shape index (κ2) is 7.83. The molecule has 0 amide bonds. The lowest BCUT2D eigenvalue weighted by atomic mass is 9.97. The standard InChI is InChI=1S/C22H26N4/c1-18-23-11-13-26(18)17-20-7-5-12-25(16-20)15-19-6-4-8-21(14-19)22-9-2-3-10-24-22/h2-4,6,8-11,13-14,20H,5,7,12,15-17H2,1H3. The Morgan fingerprint density at radius 2 is 2.04 bits per heavy atom. The molecule has 3 heterocycles. The van der Waals surface area contributed by atoms with Gasteiger partial charge in [-0.1, -0.05) is 24.3 Å². The van der Waals surface area contributed by atoms with Crippen molar-refractivity contribution in [2.45, 2.75) is 32.9 Å². The summed E-state index contributed by atoms with van der Waals surface area (Å²) < 4.78 is 2.29. The molecule has 1 aliphatic rings. The average molecular weight is 346 g/mol. The molecule has 26 heavy (non-hydrogen) atoms. The SMILES string of the molecule is Cc1nccn1CC1CCCN(Cc2cccc(-c3ccccn3)c2)C1. The predicted octanol–water partition coefficient (Wildman–Crippen LogP) is 4.17. The van der Waals surface area contributed by atoms with Crippen LogP contribution in [0.2, 0.25) is 0 Å². The molecule has 0 saturated carbocycles. The number of nitrogens with zero attached hydrogens (tertiary/aromatic N) is 4. The zero-order valence-corrected chi connectivity index (χ0v) is 15.4. The highest BCUT2D eigenvalue weighted by Crippen LogP contribution is 2.23. The maximum atomic E-state index is 4.48. The Bertz CT molecular complexity index is 840. The molecule has 0 aliphatic carbocycles. The van der Waals surface area contributed by atoms with Crippen LogP contribution in [0.25, 0.3) is 11.3 Å². The first-order chi connectivity index (χ1) is 12.8. The van der Waals surface area contributed by atoms with Gasteiger partial charge in [0.05, 0.1) is 5.69 Å². The van der Waals surface area contributed by atoms with Crippen LogP contribution in [0.15, 0.2) is 61.1 Å². The number of hydrogen-bond acceptors (Lipinski definition) is 3. The third-order valence-corrected chi connectivity index (χ3v) is 5.28. The summed E-state index contributed by atoms with van der Waals surface area (Å²) in [5.74, 6) is 1.82. The molecule has 1 fully saturated rings. The molecule has 0 radical (unpaired) electrons. The van der Waals surface area contributed by atoms with E-state index in [1.165, 1.54) is 30.5 Å². The van der Waals surface area contributed by atoms with Gasteiger partial charge in [-0.3, -0.25) is 9.88 Å². The first-order valence-electron chi connectivity index (χ1n) is 9.48. The highest BCUT2D eigenvalue weighted by Gasteiger charge is 2.20. The third kappa shape index (κ3) is 4.02. The minimum Gasteiger partial charge on any atom is -0.335 e. The number of aromatic nitrogens is 3.